The van der Waals surface area contributed by atoms with Crippen LogP contribution in [0.5, 0.6) is 0 Å². The standard InChI is InChI=1S/C10H17N3O2S/c1-2-7-3-10(7)13-16(14,15)9-4-8(5-11)12-6-9/h4,6-7,10,12-13H,2-3,5,11H2,1H3. The molecule has 0 aliphatic heterocycles. The van der Waals surface area contributed by atoms with Crippen LogP contribution in [0.2, 0.25) is 0 Å². The van der Waals surface area contributed by atoms with Gasteiger partial charge in [-0.1, -0.05) is 13.3 Å². The summed E-state index contributed by atoms with van der Waals surface area (Å²) in [4.78, 5) is 3.11. The van der Waals surface area contributed by atoms with Crippen molar-refractivity contribution in [3.63, 3.8) is 0 Å². The van der Waals surface area contributed by atoms with E-state index in [1.807, 2.05) is 0 Å². The molecule has 0 bridgehead atoms. The lowest BCUT2D eigenvalue weighted by Crippen LogP contribution is -2.26. The number of nitrogens with one attached hydrogen (secondary N) is 2. The first-order valence-corrected chi connectivity index (χ1v) is 6.95. The Labute approximate surface area is 95.5 Å². The molecule has 1 aliphatic rings. The van der Waals surface area contributed by atoms with Crippen LogP contribution in [0.4, 0.5) is 0 Å². The van der Waals surface area contributed by atoms with Crippen molar-refractivity contribution in [1.82, 2.24) is 9.71 Å². The molecule has 6 heteroatoms. The summed E-state index contributed by atoms with van der Waals surface area (Å²) < 4.78 is 26.5. The molecule has 0 spiro atoms. The summed E-state index contributed by atoms with van der Waals surface area (Å²) in [5.74, 6) is 0.502. The predicted molar refractivity (Wildman–Crippen MR) is 61.2 cm³/mol. The van der Waals surface area contributed by atoms with Crippen LogP contribution in [-0.4, -0.2) is 19.4 Å². The fourth-order valence-electron chi connectivity index (χ4n) is 1.80. The van der Waals surface area contributed by atoms with Crippen molar-refractivity contribution < 1.29 is 8.42 Å². The van der Waals surface area contributed by atoms with E-state index in [1.54, 1.807) is 6.07 Å². The van der Waals surface area contributed by atoms with E-state index in [-0.39, 0.29) is 10.9 Å². The maximum Gasteiger partial charge on any atom is 0.242 e. The van der Waals surface area contributed by atoms with Gasteiger partial charge in [-0.25, -0.2) is 13.1 Å². The van der Waals surface area contributed by atoms with Gasteiger partial charge < -0.3 is 10.7 Å². The molecule has 16 heavy (non-hydrogen) atoms. The minimum atomic E-state index is -3.37. The van der Waals surface area contributed by atoms with Gasteiger partial charge in [0.05, 0.1) is 4.90 Å². The smallest absolute Gasteiger partial charge is 0.242 e. The normalized spacial score (nSPS) is 24.6. The second-order valence-corrected chi connectivity index (χ2v) is 5.91. The molecule has 5 nitrogen and oxygen atoms in total. The molecule has 1 saturated carbocycles. The van der Waals surface area contributed by atoms with Crippen molar-refractivity contribution in [2.24, 2.45) is 11.7 Å². The second kappa shape index (κ2) is 4.20. The predicted octanol–water partition coefficient (Wildman–Crippen LogP) is 0.550. The van der Waals surface area contributed by atoms with Crippen LogP contribution in [0.25, 0.3) is 0 Å². The van der Waals surface area contributed by atoms with Gasteiger partial charge in [0.15, 0.2) is 0 Å². The largest absolute Gasteiger partial charge is 0.363 e. The first-order chi connectivity index (χ1) is 7.56. The van der Waals surface area contributed by atoms with Crippen LogP contribution in [0, 0.1) is 5.92 Å². The van der Waals surface area contributed by atoms with E-state index in [9.17, 15) is 8.42 Å². The van der Waals surface area contributed by atoms with Crippen LogP contribution in [0.3, 0.4) is 0 Å². The van der Waals surface area contributed by atoms with Crippen molar-refractivity contribution in [3.8, 4) is 0 Å². The molecule has 90 valence electrons. The highest BCUT2D eigenvalue weighted by atomic mass is 32.2. The van der Waals surface area contributed by atoms with Crippen molar-refractivity contribution in [2.45, 2.75) is 37.2 Å². The molecule has 2 atom stereocenters. The average Bonchev–Trinajstić information content (AvgIpc) is 2.81. The van der Waals surface area contributed by atoms with E-state index in [0.29, 0.717) is 12.5 Å². The Morgan fingerprint density at radius 3 is 2.88 bits per heavy atom. The summed E-state index contributed by atoms with van der Waals surface area (Å²) in [5, 5.41) is 0. The van der Waals surface area contributed by atoms with Crippen molar-refractivity contribution >= 4 is 10.0 Å². The van der Waals surface area contributed by atoms with Crippen LogP contribution in [0.15, 0.2) is 17.2 Å². The first-order valence-electron chi connectivity index (χ1n) is 5.46. The van der Waals surface area contributed by atoms with Gasteiger partial charge >= 0.3 is 0 Å². The maximum absolute atomic E-state index is 11.9. The molecule has 0 aromatic carbocycles. The van der Waals surface area contributed by atoms with Crippen LogP contribution < -0.4 is 10.5 Å². The highest BCUT2D eigenvalue weighted by Crippen LogP contribution is 2.34. The molecule has 2 rings (SSSR count). The van der Waals surface area contributed by atoms with Crippen molar-refractivity contribution in [1.29, 1.82) is 0 Å². The number of aromatic nitrogens is 1. The monoisotopic (exact) mass is 243 g/mol. The maximum atomic E-state index is 11.9. The third kappa shape index (κ3) is 2.28. The number of sulfonamides is 1. The molecule has 0 radical (unpaired) electrons. The zero-order chi connectivity index (χ0) is 11.8. The molecule has 2 unspecified atom stereocenters. The van der Waals surface area contributed by atoms with Gasteiger partial charge in [-0.15, -0.1) is 0 Å². The molecular formula is C10H17N3O2S. The SMILES string of the molecule is CCC1CC1NS(=O)(=O)c1c[nH]c(CN)c1. The van der Waals surface area contributed by atoms with E-state index in [4.69, 9.17) is 5.73 Å². The number of rotatable bonds is 5. The van der Waals surface area contributed by atoms with Crippen molar-refractivity contribution in [2.75, 3.05) is 0 Å². The Bertz CT molecular complexity index is 466. The van der Waals surface area contributed by atoms with Crippen LogP contribution in [0.1, 0.15) is 25.5 Å². The van der Waals surface area contributed by atoms with Crippen LogP contribution >= 0.6 is 0 Å². The molecule has 1 aliphatic carbocycles. The molecule has 0 amide bonds. The zero-order valence-corrected chi connectivity index (χ0v) is 10.0. The number of hydrogen-bond donors (Lipinski definition) is 3. The van der Waals surface area contributed by atoms with E-state index >= 15 is 0 Å². The summed E-state index contributed by atoms with van der Waals surface area (Å²) in [5.41, 5.74) is 6.14. The highest BCUT2D eigenvalue weighted by molar-refractivity contribution is 7.89. The lowest BCUT2D eigenvalue weighted by Gasteiger charge is -2.03. The van der Waals surface area contributed by atoms with Gasteiger partial charge in [-0.05, 0) is 18.4 Å². The van der Waals surface area contributed by atoms with Gasteiger partial charge in [-0.2, -0.15) is 0 Å². The van der Waals surface area contributed by atoms with E-state index in [0.717, 1.165) is 18.5 Å². The number of aromatic amines is 1. The lowest BCUT2D eigenvalue weighted by molar-refractivity contribution is 0.576. The van der Waals surface area contributed by atoms with Gasteiger partial charge in [0.25, 0.3) is 0 Å². The summed E-state index contributed by atoms with van der Waals surface area (Å²) in [6.07, 6.45) is 3.45. The van der Waals surface area contributed by atoms with Gasteiger partial charge in [0.2, 0.25) is 10.0 Å². The van der Waals surface area contributed by atoms with E-state index in [1.165, 1.54) is 6.20 Å². The van der Waals surface area contributed by atoms with Gasteiger partial charge in [-0.3, -0.25) is 0 Å². The molecule has 1 aromatic rings. The molecule has 0 saturated heterocycles. The van der Waals surface area contributed by atoms with Crippen LogP contribution in [-0.2, 0) is 16.6 Å². The lowest BCUT2D eigenvalue weighted by atomic mass is 10.3. The fraction of sp³-hybridized carbons (Fsp3) is 0.600. The summed E-state index contributed by atoms with van der Waals surface area (Å²) in [7, 11) is -3.37. The molecule has 1 fully saturated rings. The van der Waals surface area contributed by atoms with E-state index < -0.39 is 10.0 Å². The molecule has 1 heterocycles. The van der Waals surface area contributed by atoms with Gasteiger partial charge in [0, 0.05) is 24.5 Å². The number of nitrogens with two attached hydrogens (primary N) is 1. The quantitative estimate of drug-likeness (QED) is 0.705. The Morgan fingerprint density at radius 2 is 2.38 bits per heavy atom. The molecule has 1 aromatic heterocycles. The molecule has 4 N–H and O–H groups in total. The van der Waals surface area contributed by atoms with E-state index in [2.05, 4.69) is 16.6 Å². The summed E-state index contributed by atoms with van der Waals surface area (Å²) >= 11 is 0. The Kier molecular flexibility index (Phi) is 3.05. The van der Waals surface area contributed by atoms with Gasteiger partial charge in [0.1, 0.15) is 0 Å². The first kappa shape index (κ1) is 11.6. The minimum absolute atomic E-state index is 0.117. The topological polar surface area (TPSA) is 88.0 Å². The summed E-state index contributed by atoms with van der Waals surface area (Å²) in [6, 6.07) is 1.69. The third-order valence-electron chi connectivity index (χ3n) is 3.00. The Morgan fingerprint density at radius 1 is 1.62 bits per heavy atom. The highest BCUT2D eigenvalue weighted by Gasteiger charge is 2.38. The summed E-state index contributed by atoms with van der Waals surface area (Å²) in [6.45, 7) is 2.39. The Balaban J connectivity index is 2.07. The molecular weight excluding hydrogens is 226 g/mol. The second-order valence-electron chi connectivity index (χ2n) is 4.20. The Hall–Kier alpha value is -0.850. The number of hydrogen-bond acceptors (Lipinski definition) is 3. The third-order valence-corrected chi connectivity index (χ3v) is 4.47. The minimum Gasteiger partial charge on any atom is -0.363 e. The number of H-pyrrole nitrogens is 1. The van der Waals surface area contributed by atoms with Crippen molar-refractivity contribution in [3.05, 3.63) is 18.0 Å². The fourth-order valence-corrected chi connectivity index (χ4v) is 3.14. The average molecular weight is 243 g/mol. The zero-order valence-electron chi connectivity index (χ0n) is 9.23.